The number of aryl methyl sites for hydroxylation is 1. The number of rotatable bonds is 10. The van der Waals surface area contributed by atoms with Crippen molar-refractivity contribution in [2.75, 3.05) is 35.0 Å². The Balaban J connectivity index is 1.67. The Labute approximate surface area is 216 Å². The highest BCUT2D eigenvalue weighted by atomic mass is 16.5. The Hall–Kier alpha value is -4.17. The van der Waals surface area contributed by atoms with Gasteiger partial charge in [-0.05, 0) is 65.9 Å². The molecule has 4 aromatic rings. The van der Waals surface area contributed by atoms with Crippen LogP contribution in [0.4, 0.5) is 0 Å². The fourth-order valence-electron chi connectivity index (χ4n) is 4.62. The molecule has 1 heterocycles. The van der Waals surface area contributed by atoms with Crippen molar-refractivity contribution < 1.29 is 28.8 Å². The van der Waals surface area contributed by atoms with Crippen molar-refractivity contribution in [1.29, 1.82) is 0 Å². The second kappa shape index (κ2) is 11.3. The molecule has 3 N–H and O–H groups in total. The number of benzene rings is 3. The van der Waals surface area contributed by atoms with E-state index in [9.17, 15) is 9.90 Å². The number of ether oxygens (including phenoxy) is 4. The van der Waals surface area contributed by atoms with E-state index in [0.29, 0.717) is 35.0 Å². The lowest BCUT2D eigenvalue weighted by Crippen LogP contribution is -2.39. The molecule has 0 aliphatic heterocycles. The zero-order chi connectivity index (χ0) is 26.5. The van der Waals surface area contributed by atoms with Crippen LogP contribution in [0.3, 0.4) is 0 Å². The van der Waals surface area contributed by atoms with Crippen LogP contribution in [-0.4, -0.2) is 57.1 Å². The first-order valence-electron chi connectivity index (χ1n) is 11.9. The summed E-state index contributed by atoms with van der Waals surface area (Å²) in [5.41, 5.74) is 4.74. The molecule has 0 fully saturated rings. The Bertz CT molecular complexity index is 1390. The van der Waals surface area contributed by atoms with E-state index in [1.165, 1.54) is 7.11 Å². The molecule has 0 saturated heterocycles. The molecular formula is C29H32N2O6. The largest absolute Gasteiger partial charge is 0.496 e. The van der Waals surface area contributed by atoms with E-state index >= 15 is 0 Å². The van der Waals surface area contributed by atoms with Crippen molar-refractivity contribution in [1.82, 2.24) is 10.3 Å². The second-order valence-corrected chi connectivity index (χ2v) is 8.70. The number of aromatic amines is 1. The van der Waals surface area contributed by atoms with E-state index in [2.05, 4.69) is 10.3 Å². The maximum Gasteiger partial charge on any atom is 0.255 e. The van der Waals surface area contributed by atoms with E-state index in [-0.39, 0.29) is 12.5 Å². The van der Waals surface area contributed by atoms with Gasteiger partial charge in [0.05, 0.1) is 46.7 Å². The molecule has 0 unspecified atom stereocenters. The van der Waals surface area contributed by atoms with Gasteiger partial charge in [-0.2, -0.15) is 0 Å². The second-order valence-electron chi connectivity index (χ2n) is 8.70. The SMILES string of the molecule is COc1cc(-c2cc(C)c(OC)c(C(=O)N[C@@H](CO)Cc3c[nH]c4ccccc34)c2)cc(OC)c1OC. The molecule has 0 bridgehead atoms. The normalized spacial score (nSPS) is 11.7. The van der Waals surface area contributed by atoms with Crippen LogP contribution in [0.2, 0.25) is 0 Å². The molecule has 0 spiro atoms. The van der Waals surface area contributed by atoms with E-state index in [0.717, 1.165) is 33.2 Å². The number of methoxy groups -OCH3 is 4. The monoisotopic (exact) mass is 504 g/mol. The quantitative estimate of drug-likeness (QED) is 0.294. The highest BCUT2D eigenvalue weighted by Gasteiger charge is 2.22. The molecule has 194 valence electrons. The minimum Gasteiger partial charge on any atom is -0.496 e. The number of aliphatic hydroxyl groups excluding tert-OH is 1. The number of fused-ring (bicyclic) bond motifs is 1. The van der Waals surface area contributed by atoms with Gasteiger partial charge in [-0.15, -0.1) is 0 Å². The fraction of sp³-hybridized carbons (Fsp3) is 0.276. The molecule has 8 heteroatoms. The Kier molecular flexibility index (Phi) is 7.89. The number of carbonyl (C=O) groups excluding carboxylic acids is 1. The number of H-pyrrole nitrogens is 1. The summed E-state index contributed by atoms with van der Waals surface area (Å²) in [4.78, 5) is 16.7. The van der Waals surface area contributed by atoms with Crippen LogP contribution in [0, 0.1) is 6.92 Å². The summed E-state index contributed by atoms with van der Waals surface area (Å²) in [5, 5.41) is 14.1. The number of carbonyl (C=O) groups is 1. The average Bonchev–Trinajstić information content (AvgIpc) is 3.33. The topological polar surface area (TPSA) is 102 Å². The summed E-state index contributed by atoms with van der Waals surface area (Å²) < 4.78 is 22.0. The third-order valence-corrected chi connectivity index (χ3v) is 6.42. The zero-order valence-corrected chi connectivity index (χ0v) is 21.7. The van der Waals surface area contributed by atoms with Gasteiger partial charge in [0, 0.05) is 17.1 Å². The molecule has 1 aromatic heterocycles. The highest BCUT2D eigenvalue weighted by molar-refractivity contribution is 5.99. The van der Waals surface area contributed by atoms with Gasteiger partial charge in [0.2, 0.25) is 5.75 Å². The minimum absolute atomic E-state index is 0.209. The van der Waals surface area contributed by atoms with E-state index in [4.69, 9.17) is 18.9 Å². The summed E-state index contributed by atoms with van der Waals surface area (Å²) in [6, 6.07) is 14.8. The number of aliphatic hydroxyl groups is 1. The summed E-state index contributed by atoms with van der Waals surface area (Å²) in [6.45, 7) is 1.67. The third-order valence-electron chi connectivity index (χ3n) is 6.42. The van der Waals surface area contributed by atoms with Crippen molar-refractivity contribution in [3.8, 4) is 34.1 Å². The fourth-order valence-corrected chi connectivity index (χ4v) is 4.62. The molecule has 1 atom stereocenters. The van der Waals surface area contributed by atoms with Gasteiger partial charge in [-0.25, -0.2) is 0 Å². The lowest BCUT2D eigenvalue weighted by atomic mass is 9.97. The van der Waals surface area contributed by atoms with Crippen LogP contribution in [0.15, 0.2) is 54.7 Å². The number of amides is 1. The third kappa shape index (κ3) is 5.20. The average molecular weight is 505 g/mol. The molecule has 0 radical (unpaired) electrons. The van der Waals surface area contributed by atoms with Crippen molar-refractivity contribution in [2.45, 2.75) is 19.4 Å². The molecule has 4 rings (SSSR count). The Morgan fingerprint density at radius 3 is 2.19 bits per heavy atom. The molecule has 1 amide bonds. The van der Waals surface area contributed by atoms with Crippen LogP contribution in [-0.2, 0) is 6.42 Å². The van der Waals surface area contributed by atoms with Crippen molar-refractivity contribution in [3.63, 3.8) is 0 Å². The van der Waals surface area contributed by atoms with Crippen molar-refractivity contribution >= 4 is 16.8 Å². The maximum atomic E-state index is 13.5. The zero-order valence-electron chi connectivity index (χ0n) is 21.7. The van der Waals surface area contributed by atoms with Crippen LogP contribution >= 0.6 is 0 Å². The summed E-state index contributed by atoms with van der Waals surface area (Å²) in [7, 11) is 6.20. The number of nitrogens with one attached hydrogen (secondary N) is 2. The maximum absolute atomic E-state index is 13.5. The summed E-state index contributed by atoms with van der Waals surface area (Å²) in [5.74, 6) is 1.64. The van der Waals surface area contributed by atoms with Crippen LogP contribution in [0.5, 0.6) is 23.0 Å². The first kappa shape index (κ1) is 25.9. The van der Waals surface area contributed by atoms with E-state index < -0.39 is 6.04 Å². The van der Waals surface area contributed by atoms with Gasteiger partial charge in [-0.3, -0.25) is 4.79 Å². The standard InChI is InChI=1S/C29H32N2O6/c1-17-10-18(19-13-25(34-2)28(37-5)26(14-19)35-3)12-23(27(17)36-4)29(33)31-21(16-32)11-20-15-30-24-9-7-6-8-22(20)24/h6-10,12-15,21,30,32H,11,16H2,1-5H3,(H,31,33)/t21-/m1/s1. The Morgan fingerprint density at radius 1 is 0.919 bits per heavy atom. The smallest absolute Gasteiger partial charge is 0.255 e. The minimum atomic E-state index is -0.485. The van der Waals surface area contributed by atoms with Gasteiger partial charge < -0.3 is 34.4 Å². The van der Waals surface area contributed by atoms with Gasteiger partial charge in [0.1, 0.15) is 5.75 Å². The van der Waals surface area contributed by atoms with E-state index in [1.807, 2.05) is 55.6 Å². The van der Waals surface area contributed by atoms with Gasteiger partial charge in [0.15, 0.2) is 11.5 Å². The molecule has 0 saturated carbocycles. The van der Waals surface area contributed by atoms with Crippen LogP contribution in [0.25, 0.3) is 22.0 Å². The van der Waals surface area contributed by atoms with Gasteiger partial charge in [0.25, 0.3) is 5.91 Å². The van der Waals surface area contributed by atoms with E-state index in [1.54, 1.807) is 27.4 Å². The predicted molar refractivity (Wildman–Crippen MR) is 143 cm³/mol. The predicted octanol–water partition coefficient (Wildman–Crippen LogP) is 4.51. The number of hydrogen-bond acceptors (Lipinski definition) is 6. The number of hydrogen-bond donors (Lipinski definition) is 3. The first-order chi connectivity index (χ1) is 17.9. The summed E-state index contributed by atoms with van der Waals surface area (Å²) >= 11 is 0. The lowest BCUT2D eigenvalue weighted by Gasteiger charge is -2.19. The number of para-hydroxylation sites is 1. The molecular weight excluding hydrogens is 472 g/mol. The van der Waals surface area contributed by atoms with Crippen LogP contribution < -0.4 is 24.3 Å². The highest BCUT2D eigenvalue weighted by Crippen LogP contribution is 2.42. The molecule has 8 nitrogen and oxygen atoms in total. The van der Waals surface area contributed by atoms with Gasteiger partial charge in [-0.1, -0.05) is 18.2 Å². The molecule has 3 aromatic carbocycles. The van der Waals surface area contributed by atoms with Crippen molar-refractivity contribution in [2.24, 2.45) is 0 Å². The summed E-state index contributed by atoms with van der Waals surface area (Å²) in [6.07, 6.45) is 2.38. The number of aromatic nitrogens is 1. The molecule has 37 heavy (non-hydrogen) atoms. The van der Waals surface area contributed by atoms with Gasteiger partial charge >= 0.3 is 0 Å². The molecule has 0 aliphatic rings. The first-order valence-corrected chi connectivity index (χ1v) is 11.9. The van der Waals surface area contributed by atoms with Crippen molar-refractivity contribution in [3.05, 3.63) is 71.4 Å². The lowest BCUT2D eigenvalue weighted by molar-refractivity contribution is 0.0913. The van der Waals surface area contributed by atoms with Crippen LogP contribution in [0.1, 0.15) is 21.5 Å². The molecule has 0 aliphatic carbocycles. The Morgan fingerprint density at radius 2 is 1.57 bits per heavy atom.